The maximum atomic E-state index is 11.7. The van der Waals surface area contributed by atoms with Gasteiger partial charge in [-0.25, -0.2) is 13.4 Å². The second-order valence-corrected chi connectivity index (χ2v) is 7.16. The van der Waals surface area contributed by atoms with Crippen LogP contribution in [-0.4, -0.2) is 35.5 Å². The van der Waals surface area contributed by atoms with Gasteiger partial charge in [0.05, 0.1) is 23.3 Å². The van der Waals surface area contributed by atoms with E-state index in [2.05, 4.69) is 9.97 Å². The summed E-state index contributed by atoms with van der Waals surface area (Å²) in [4.78, 5) is 7.61. The number of hydrogen-bond acceptors (Lipinski definition) is 3. The highest BCUT2D eigenvalue weighted by molar-refractivity contribution is 7.89. The second-order valence-electron chi connectivity index (χ2n) is 4.79. The third kappa shape index (κ3) is 2.79. The molecule has 2 aromatic rings. The number of fused-ring (bicyclic) bond motifs is 1. The molecule has 0 radical (unpaired) electrons. The van der Waals surface area contributed by atoms with E-state index in [1.54, 1.807) is 14.0 Å². The quantitative estimate of drug-likeness (QED) is 0.931. The molecule has 104 valence electrons. The molecule has 0 amide bonds. The van der Waals surface area contributed by atoms with E-state index in [-0.39, 0.29) is 12.3 Å². The molecule has 1 N–H and O–H groups in total. The lowest BCUT2D eigenvalue weighted by Crippen LogP contribution is -2.28. The van der Waals surface area contributed by atoms with Crippen molar-refractivity contribution in [2.24, 2.45) is 0 Å². The maximum Gasteiger partial charge on any atom is 0.213 e. The van der Waals surface area contributed by atoms with E-state index in [1.807, 2.05) is 26.0 Å². The van der Waals surface area contributed by atoms with Crippen LogP contribution >= 0.6 is 0 Å². The molecule has 0 atom stereocenters. The number of sulfonamides is 1. The zero-order valence-electron chi connectivity index (χ0n) is 11.7. The van der Waals surface area contributed by atoms with E-state index < -0.39 is 10.0 Å². The van der Waals surface area contributed by atoms with Crippen molar-refractivity contribution in [2.45, 2.75) is 27.3 Å². The average Bonchev–Trinajstić information content (AvgIpc) is 2.71. The van der Waals surface area contributed by atoms with Crippen LogP contribution in [-0.2, 0) is 16.6 Å². The van der Waals surface area contributed by atoms with Gasteiger partial charge in [-0.15, -0.1) is 0 Å². The number of aromatic amines is 1. The first-order valence-electron chi connectivity index (χ1n) is 6.23. The van der Waals surface area contributed by atoms with E-state index in [0.717, 1.165) is 11.0 Å². The van der Waals surface area contributed by atoms with Gasteiger partial charge < -0.3 is 4.98 Å². The number of benzene rings is 1. The molecule has 5 nitrogen and oxygen atoms in total. The molecule has 2 rings (SSSR count). The Morgan fingerprint density at radius 3 is 2.53 bits per heavy atom. The summed E-state index contributed by atoms with van der Waals surface area (Å²) in [6, 6.07) is 4.05. The summed E-state index contributed by atoms with van der Waals surface area (Å²) < 4.78 is 24.7. The van der Waals surface area contributed by atoms with Crippen molar-refractivity contribution in [1.82, 2.24) is 14.3 Å². The lowest BCUT2D eigenvalue weighted by atomic mass is 10.1. The third-order valence-electron chi connectivity index (χ3n) is 3.36. The Labute approximate surface area is 113 Å². The molecular formula is C13H19N3O2S. The van der Waals surface area contributed by atoms with Gasteiger partial charge >= 0.3 is 0 Å². The van der Waals surface area contributed by atoms with Crippen molar-refractivity contribution >= 4 is 21.1 Å². The van der Waals surface area contributed by atoms with E-state index >= 15 is 0 Å². The molecule has 0 saturated heterocycles. The first-order valence-corrected chi connectivity index (χ1v) is 7.84. The smallest absolute Gasteiger partial charge is 0.213 e. The number of hydrogen-bond donors (Lipinski definition) is 1. The van der Waals surface area contributed by atoms with Crippen molar-refractivity contribution in [3.63, 3.8) is 0 Å². The molecule has 19 heavy (non-hydrogen) atoms. The van der Waals surface area contributed by atoms with Crippen LogP contribution in [0, 0.1) is 13.8 Å². The van der Waals surface area contributed by atoms with Crippen LogP contribution in [0.15, 0.2) is 12.1 Å². The summed E-state index contributed by atoms with van der Waals surface area (Å²) in [6.07, 6.45) is 0. The van der Waals surface area contributed by atoms with Gasteiger partial charge in [0.25, 0.3) is 0 Å². The van der Waals surface area contributed by atoms with Gasteiger partial charge in [0.2, 0.25) is 10.0 Å². The summed E-state index contributed by atoms with van der Waals surface area (Å²) in [5, 5.41) is 0. The van der Waals surface area contributed by atoms with Gasteiger partial charge in [-0.2, -0.15) is 4.31 Å². The standard InChI is InChI=1S/C13H19N3O2S/c1-5-19(17,18)16(4)8-13-14-11-6-9(2)10(3)7-12(11)15-13/h6-7H,5,8H2,1-4H3,(H,14,15). The summed E-state index contributed by atoms with van der Waals surface area (Å²) in [6.45, 7) is 5.99. The number of nitrogens with zero attached hydrogens (tertiary/aromatic N) is 2. The molecule has 0 bridgehead atoms. The molecule has 6 heteroatoms. The molecule has 0 aliphatic heterocycles. The lowest BCUT2D eigenvalue weighted by Gasteiger charge is -2.13. The minimum atomic E-state index is -3.18. The number of H-pyrrole nitrogens is 1. The normalized spacial score (nSPS) is 12.5. The van der Waals surface area contributed by atoms with Crippen molar-refractivity contribution in [3.05, 3.63) is 29.1 Å². The average molecular weight is 281 g/mol. The number of nitrogens with one attached hydrogen (secondary N) is 1. The van der Waals surface area contributed by atoms with Crippen LogP contribution in [0.3, 0.4) is 0 Å². The fraction of sp³-hybridized carbons (Fsp3) is 0.462. The number of aromatic nitrogens is 2. The highest BCUT2D eigenvalue weighted by Gasteiger charge is 2.17. The van der Waals surface area contributed by atoms with Crippen LogP contribution in [0.25, 0.3) is 11.0 Å². The van der Waals surface area contributed by atoms with E-state index in [0.29, 0.717) is 5.82 Å². The number of aryl methyl sites for hydroxylation is 2. The van der Waals surface area contributed by atoms with E-state index in [9.17, 15) is 8.42 Å². The summed E-state index contributed by atoms with van der Waals surface area (Å²) in [5.74, 6) is 0.765. The van der Waals surface area contributed by atoms with E-state index in [1.165, 1.54) is 15.4 Å². The van der Waals surface area contributed by atoms with Crippen LogP contribution in [0.5, 0.6) is 0 Å². The Bertz CT molecular complexity index is 665. The van der Waals surface area contributed by atoms with Crippen LogP contribution in [0.4, 0.5) is 0 Å². The number of rotatable bonds is 4. The van der Waals surface area contributed by atoms with Crippen molar-refractivity contribution in [3.8, 4) is 0 Å². The van der Waals surface area contributed by atoms with Crippen molar-refractivity contribution in [2.75, 3.05) is 12.8 Å². The largest absolute Gasteiger partial charge is 0.341 e. The molecule has 0 unspecified atom stereocenters. The fourth-order valence-electron chi connectivity index (χ4n) is 1.93. The Hall–Kier alpha value is -1.40. The molecule has 1 aromatic heterocycles. The predicted octanol–water partition coefficient (Wildman–Crippen LogP) is 1.96. The molecule has 0 aliphatic rings. The highest BCUT2D eigenvalue weighted by Crippen LogP contribution is 2.18. The molecule has 0 saturated carbocycles. The van der Waals surface area contributed by atoms with Crippen LogP contribution < -0.4 is 0 Å². The minimum absolute atomic E-state index is 0.0992. The molecule has 1 heterocycles. The lowest BCUT2D eigenvalue weighted by molar-refractivity contribution is 0.459. The van der Waals surface area contributed by atoms with Gasteiger partial charge in [0.1, 0.15) is 5.82 Å². The highest BCUT2D eigenvalue weighted by atomic mass is 32.2. The first-order chi connectivity index (χ1) is 8.83. The second kappa shape index (κ2) is 4.94. The molecule has 0 aliphatic carbocycles. The third-order valence-corrected chi connectivity index (χ3v) is 5.17. The molecular weight excluding hydrogens is 262 g/mol. The molecule has 1 aromatic carbocycles. The monoisotopic (exact) mass is 281 g/mol. The Morgan fingerprint density at radius 2 is 1.89 bits per heavy atom. The van der Waals surface area contributed by atoms with Crippen molar-refractivity contribution in [1.29, 1.82) is 0 Å². The Kier molecular flexibility index (Phi) is 3.64. The zero-order chi connectivity index (χ0) is 14.2. The first kappa shape index (κ1) is 14.0. The SMILES string of the molecule is CCS(=O)(=O)N(C)Cc1nc2cc(C)c(C)cc2[nH]1. The maximum absolute atomic E-state index is 11.7. The Morgan fingerprint density at radius 1 is 1.26 bits per heavy atom. The van der Waals surface area contributed by atoms with Crippen molar-refractivity contribution < 1.29 is 8.42 Å². The van der Waals surface area contributed by atoms with Gasteiger partial charge in [-0.05, 0) is 44.0 Å². The van der Waals surface area contributed by atoms with Gasteiger partial charge in [-0.1, -0.05) is 0 Å². The van der Waals surface area contributed by atoms with Crippen LogP contribution in [0.1, 0.15) is 23.9 Å². The summed E-state index contributed by atoms with van der Waals surface area (Å²) >= 11 is 0. The topological polar surface area (TPSA) is 66.1 Å². The summed E-state index contributed by atoms with van der Waals surface area (Å²) in [5.41, 5.74) is 4.19. The van der Waals surface area contributed by atoms with Gasteiger partial charge in [-0.3, -0.25) is 0 Å². The van der Waals surface area contributed by atoms with Gasteiger partial charge in [0, 0.05) is 7.05 Å². The fourth-order valence-corrected chi connectivity index (χ4v) is 2.69. The Balaban J connectivity index is 2.32. The number of imidazole rings is 1. The molecule has 0 spiro atoms. The predicted molar refractivity (Wildman–Crippen MR) is 76.5 cm³/mol. The summed E-state index contributed by atoms with van der Waals surface area (Å²) in [7, 11) is -1.60. The van der Waals surface area contributed by atoms with Crippen LogP contribution in [0.2, 0.25) is 0 Å². The van der Waals surface area contributed by atoms with Gasteiger partial charge in [0.15, 0.2) is 0 Å². The molecule has 0 fully saturated rings. The van der Waals surface area contributed by atoms with E-state index in [4.69, 9.17) is 0 Å². The zero-order valence-corrected chi connectivity index (χ0v) is 12.5. The minimum Gasteiger partial charge on any atom is -0.341 e.